The molecule has 0 amide bonds. The van der Waals surface area contributed by atoms with Gasteiger partial charge in [-0.05, 0) is 25.9 Å². The fourth-order valence-electron chi connectivity index (χ4n) is 2.36. The summed E-state index contributed by atoms with van der Waals surface area (Å²) in [6.07, 6.45) is 7.27. The van der Waals surface area contributed by atoms with Gasteiger partial charge in [-0.15, -0.1) is 6.58 Å². The van der Waals surface area contributed by atoms with E-state index in [1.165, 1.54) is 38.7 Å². The maximum atomic E-state index is 6.05. The summed E-state index contributed by atoms with van der Waals surface area (Å²) in [5.41, 5.74) is 6.61. The molecule has 2 heterocycles. The first kappa shape index (κ1) is 14.6. The van der Waals surface area contributed by atoms with E-state index in [2.05, 4.69) is 32.1 Å². The molecule has 0 unspecified atom stereocenters. The van der Waals surface area contributed by atoms with Crippen LogP contribution in [0.15, 0.2) is 19.0 Å². The largest absolute Gasteiger partial charge is 0.393 e. The van der Waals surface area contributed by atoms with E-state index in [0.717, 1.165) is 13.1 Å². The predicted molar refractivity (Wildman–Crippen MR) is 83.9 cm³/mol. The summed E-state index contributed by atoms with van der Waals surface area (Å²) in [7, 11) is 0. The molecule has 1 aromatic rings. The molecule has 20 heavy (non-hydrogen) atoms. The molecule has 0 saturated carbocycles. The van der Waals surface area contributed by atoms with E-state index in [9.17, 15) is 0 Å². The maximum Gasteiger partial charge on any atom is 0.155 e. The van der Waals surface area contributed by atoms with Crippen molar-refractivity contribution in [1.82, 2.24) is 14.9 Å². The second kappa shape index (κ2) is 7.69. The van der Waals surface area contributed by atoms with Gasteiger partial charge in [0, 0.05) is 19.6 Å². The van der Waals surface area contributed by atoms with E-state index in [1.54, 1.807) is 6.08 Å². The minimum absolute atomic E-state index is 0.563. The highest BCUT2D eigenvalue weighted by Crippen LogP contribution is 2.21. The normalized spacial score (nSPS) is 15.8. The standard InChI is InChI=1S/C14H24N6/c1-2-6-16-13-12(15)14(19-11-18-13)17-7-10-20-8-4-3-5-9-20/h2,11H,1,3-10,15H2,(H2,16,17,18,19). The molecule has 6 heteroatoms. The van der Waals surface area contributed by atoms with Crippen LogP contribution >= 0.6 is 0 Å². The van der Waals surface area contributed by atoms with Crippen molar-refractivity contribution < 1.29 is 0 Å². The number of nitrogen functional groups attached to an aromatic ring is 1. The number of aromatic nitrogens is 2. The Morgan fingerprint density at radius 3 is 2.60 bits per heavy atom. The van der Waals surface area contributed by atoms with Crippen molar-refractivity contribution in [2.45, 2.75) is 19.3 Å². The zero-order chi connectivity index (χ0) is 14.2. The van der Waals surface area contributed by atoms with Crippen molar-refractivity contribution in [3.8, 4) is 0 Å². The van der Waals surface area contributed by atoms with Gasteiger partial charge >= 0.3 is 0 Å². The first-order valence-corrected chi connectivity index (χ1v) is 7.22. The van der Waals surface area contributed by atoms with Crippen LogP contribution in [0.2, 0.25) is 0 Å². The summed E-state index contributed by atoms with van der Waals surface area (Å²) in [4.78, 5) is 10.8. The highest BCUT2D eigenvalue weighted by molar-refractivity contribution is 5.74. The third kappa shape index (κ3) is 4.09. The van der Waals surface area contributed by atoms with Gasteiger partial charge in [0.2, 0.25) is 0 Å². The van der Waals surface area contributed by atoms with Gasteiger partial charge in [-0.25, -0.2) is 9.97 Å². The Hall–Kier alpha value is -1.82. The van der Waals surface area contributed by atoms with Crippen molar-refractivity contribution >= 4 is 17.3 Å². The number of anilines is 3. The first-order chi connectivity index (χ1) is 9.81. The van der Waals surface area contributed by atoms with Crippen LogP contribution in [0.3, 0.4) is 0 Å². The Balaban J connectivity index is 1.83. The highest BCUT2D eigenvalue weighted by Gasteiger charge is 2.10. The second-order valence-electron chi connectivity index (χ2n) is 4.98. The van der Waals surface area contributed by atoms with Gasteiger partial charge < -0.3 is 21.3 Å². The fourth-order valence-corrected chi connectivity index (χ4v) is 2.36. The monoisotopic (exact) mass is 276 g/mol. The van der Waals surface area contributed by atoms with E-state index in [1.807, 2.05) is 0 Å². The van der Waals surface area contributed by atoms with Gasteiger partial charge in [-0.1, -0.05) is 12.5 Å². The lowest BCUT2D eigenvalue weighted by Crippen LogP contribution is -2.33. The number of rotatable bonds is 7. The van der Waals surface area contributed by atoms with Gasteiger partial charge in [0.15, 0.2) is 11.6 Å². The molecule has 1 saturated heterocycles. The topological polar surface area (TPSA) is 79.1 Å². The summed E-state index contributed by atoms with van der Waals surface area (Å²) in [6.45, 7) is 8.57. The summed E-state index contributed by atoms with van der Waals surface area (Å²) in [5.74, 6) is 1.35. The Morgan fingerprint density at radius 2 is 1.90 bits per heavy atom. The molecule has 0 aromatic carbocycles. The lowest BCUT2D eigenvalue weighted by molar-refractivity contribution is 0.237. The Kier molecular flexibility index (Phi) is 5.61. The number of nitrogens with one attached hydrogen (secondary N) is 2. The van der Waals surface area contributed by atoms with E-state index < -0.39 is 0 Å². The second-order valence-corrected chi connectivity index (χ2v) is 4.98. The van der Waals surface area contributed by atoms with Crippen LogP contribution in [-0.4, -0.2) is 47.6 Å². The molecule has 1 fully saturated rings. The zero-order valence-electron chi connectivity index (χ0n) is 11.9. The first-order valence-electron chi connectivity index (χ1n) is 7.22. The van der Waals surface area contributed by atoms with Crippen molar-refractivity contribution in [3.63, 3.8) is 0 Å². The van der Waals surface area contributed by atoms with Crippen LogP contribution in [0, 0.1) is 0 Å². The summed E-state index contributed by atoms with van der Waals surface area (Å²) in [5, 5.41) is 6.39. The van der Waals surface area contributed by atoms with Gasteiger partial charge in [0.05, 0.1) is 0 Å². The third-order valence-electron chi connectivity index (χ3n) is 3.47. The minimum atomic E-state index is 0.563. The van der Waals surface area contributed by atoms with E-state index >= 15 is 0 Å². The number of nitrogens with two attached hydrogens (primary N) is 1. The molecule has 0 spiro atoms. The number of nitrogens with zero attached hydrogens (tertiary/aromatic N) is 3. The molecule has 0 atom stereocenters. The lowest BCUT2D eigenvalue weighted by Gasteiger charge is -2.26. The van der Waals surface area contributed by atoms with Crippen molar-refractivity contribution in [1.29, 1.82) is 0 Å². The van der Waals surface area contributed by atoms with Crippen molar-refractivity contribution in [3.05, 3.63) is 19.0 Å². The smallest absolute Gasteiger partial charge is 0.155 e. The molecule has 0 radical (unpaired) electrons. The number of likely N-dealkylation sites (tertiary alicyclic amines) is 1. The van der Waals surface area contributed by atoms with Crippen LogP contribution in [0.25, 0.3) is 0 Å². The quantitative estimate of drug-likeness (QED) is 0.656. The Morgan fingerprint density at radius 1 is 1.20 bits per heavy atom. The van der Waals surface area contributed by atoms with Crippen LogP contribution in [0.4, 0.5) is 17.3 Å². The van der Waals surface area contributed by atoms with Crippen LogP contribution in [0.5, 0.6) is 0 Å². The molecule has 2 rings (SSSR count). The fraction of sp³-hybridized carbons (Fsp3) is 0.571. The van der Waals surface area contributed by atoms with E-state index in [0.29, 0.717) is 23.9 Å². The minimum Gasteiger partial charge on any atom is -0.393 e. The summed E-state index contributed by atoms with van der Waals surface area (Å²) >= 11 is 0. The van der Waals surface area contributed by atoms with Gasteiger partial charge in [-0.2, -0.15) is 0 Å². The van der Waals surface area contributed by atoms with Crippen molar-refractivity contribution in [2.24, 2.45) is 0 Å². The SMILES string of the molecule is C=CCNc1ncnc(NCCN2CCCCC2)c1N. The van der Waals surface area contributed by atoms with E-state index in [4.69, 9.17) is 5.73 Å². The molecule has 110 valence electrons. The molecule has 0 aliphatic carbocycles. The number of hydrogen-bond donors (Lipinski definition) is 3. The lowest BCUT2D eigenvalue weighted by atomic mass is 10.1. The van der Waals surface area contributed by atoms with E-state index in [-0.39, 0.29) is 0 Å². The average Bonchev–Trinajstić information content (AvgIpc) is 2.49. The maximum absolute atomic E-state index is 6.05. The summed E-state index contributed by atoms with van der Waals surface area (Å²) < 4.78 is 0. The van der Waals surface area contributed by atoms with Gasteiger partial charge in [0.1, 0.15) is 12.0 Å². The molecule has 6 nitrogen and oxygen atoms in total. The molecule has 4 N–H and O–H groups in total. The molecule has 1 aromatic heterocycles. The zero-order valence-corrected chi connectivity index (χ0v) is 11.9. The highest BCUT2D eigenvalue weighted by atomic mass is 15.2. The number of hydrogen-bond acceptors (Lipinski definition) is 6. The predicted octanol–water partition coefficient (Wildman–Crippen LogP) is 1.55. The third-order valence-corrected chi connectivity index (χ3v) is 3.47. The molecular formula is C14H24N6. The summed E-state index contributed by atoms with van der Waals surface area (Å²) in [6, 6.07) is 0. The van der Waals surface area contributed by atoms with Gasteiger partial charge in [-0.3, -0.25) is 0 Å². The molecule has 1 aliphatic rings. The number of piperidine rings is 1. The van der Waals surface area contributed by atoms with Gasteiger partial charge in [0.25, 0.3) is 0 Å². The van der Waals surface area contributed by atoms with Crippen LogP contribution < -0.4 is 16.4 Å². The Labute approximate surface area is 120 Å². The average molecular weight is 276 g/mol. The van der Waals surface area contributed by atoms with Crippen LogP contribution in [-0.2, 0) is 0 Å². The Bertz CT molecular complexity index is 428. The molecular weight excluding hydrogens is 252 g/mol. The van der Waals surface area contributed by atoms with Crippen molar-refractivity contribution in [2.75, 3.05) is 49.1 Å². The molecule has 1 aliphatic heterocycles. The van der Waals surface area contributed by atoms with Crippen LogP contribution in [0.1, 0.15) is 19.3 Å². The molecule has 0 bridgehead atoms.